The minimum absolute atomic E-state index is 0.218. The van der Waals surface area contributed by atoms with Crippen LogP contribution in [0.4, 0.5) is 10.2 Å². The number of nitrogens with one attached hydrogen (secondary N) is 1. The third kappa shape index (κ3) is 3.68. The van der Waals surface area contributed by atoms with Crippen molar-refractivity contribution in [2.75, 3.05) is 11.9 Å². The molecule has 2 nitrogen and oxygen atoms in total. The maximum atomic E-state index is 12.7. The molecule has 0 radical (unpaired) electrons. The van der Waals surface area contributed by atoms with Crippen molar-refractivity contribution in [2.45, 2.75) is 6.42 Å². The highest BCUT2D eigenvalue weighted by Crippen LogP contribution is 2.22. The SMILES string of the molecule is Fc1ccc(CCNc2ncc(Br)cc2Cl)cc1. The van der Waals surface area contributed by atoms with E-state index in [9.17, 15) is 4.39 Å². The predicted octanol–water partition coefficient (Wildman–Crippen LogP) is 4.29. The molecule has 5 heteroatoms. The monoisotopic (exact) mass is 328 g/mol. The molecule has 0 aliphatic carbocycles. The van der Waals surface area contributed by atoms with Crippen LogP contribution in [0, 0.1) is 5.82 Å². The molecule has 94 valence electrons. The van der Waals surface area contributed by atoms with Crippen molar-refractivity contribution >= 4 is 33.3 Å². The Hall–Kier alpha value is -1.13. The quantitative estimate of drug-likeness (QED) is 0.905. The van der Waals surface area contributed by atoms with E-state index < -0.39 is 0 Å². The van der Waals surface area contributed by atoms with Crippen molar-refractivity contribution in [1.82, 2.24) is 4.98 Å². The van der Waals surface area contributed by atoms with Gasteiger partial charge in [-0.15, -0.1) is 0 Å². The van der Waals surface area contributed by atoms with Gasteiger partial charge in [-0.25, -0.2) is 9.37 Å². The number of aromatic nitrogens is 1. The number of benzene rings is 1. The van der Waals surface area contributed by atoms with Gasteiger partial charge in [-0.1, -0.05) is 23.7 Å². The third-order valence-electron chi connectivity index (χ3n) is 2.43. The summed E-state index contributed by atoms with van der Waals surface area (Å²) in [5.41, 5.74) is 1.07. The molecule has 2 rings (SSSR count). The Morgan fingerprint density at radius 3 is 2.67 bits per heavy atom. The lowest BCUT2D eigenvalue weighted by Crippen LogP contribution is -2.06. The van der Waals surface area contributed by atoms with Crippen LogP contribution < -0.4 is 5.32 Å². The van der Waals surface area contributed by atoms with Gasteiger partial charge in [0, 0.05) is 17.2 Å². The molecule has 0 spiro atoms. The Bertz CT molecular complexity index is 531. The summed E-state index contributed by atoms with van der Waals surface area (Å²) in [5.74, 6) is 0.436. The molecule has 2 aromatic rings. The summed E-state index contributed by atoms with van der Waals surface area (Å²) in [6.45, 7) is 0.694. The predicted molar refractivity (Wildman–Crippen MR) is 75.5 cm³/mol. The molecule has 1 N–H and O–H groups in total. The van der Waals surface area contributed by atoms with E-state index in [0.29, 0.717) is 17.4 Å². The zero-order valence-corrected chi connectivity index (χ0v) is 11.8. The molecule has 0 atom stereocenters. The zero-order chi connectivity index (χ0) is 13.0. The lowest BCUT2D eigenvalue weighted by molar-refractivity contribution is 0.627. The summed E-state index contributed by atoms with van der Waals surface area (Å²) < 4.78 is 13.6. The molecule has 0 saturated heterocycles. The molecule has 0 bridgehead atoms. The Morgan fingerprint density at radius 1 is 1.28 bits per heavy atom. The van der Waals surface area contributed by atoms with Crippen molar-refractivity contribution < 1.29 is 4.39 Å². The first-order valence-corrected chi connectivity index (χ1v) is 6.61. The number of pyridine rings is 1. The van der Waals surface area contributed by atoms with Gasteiger partial charge in [-0.3, -0.25) is 0 Å². The molecule has 0 aliphatic rings. The van der Waals surface area contributed by atoms with Gasteiger partial charge in [0.25, 0.3) is 0 Å². The second kappa shape index (κ2) is 6.16. The van der Waals surface area contributed by atoms with Gasteiger partial charge < -0.3 is 5.32 Å². The van der Waals surface area contributed by atoms with Crippen molar-refractivity contribution in [3.05, 3.63) is 57.4 Å². The average Bonchev–Trinajstić information content (AvgIpc) is 2.34. The first-order valence-electron chi connectivity index (χ1n) is 5.44. The van der Waals surface area contributed by atoms with Crippen LogP contribution in [-0.2, 0) is 6.42 Å². The molecule has 18 heavy (non-hydrogen) atoms. The Balaban J connectivity index is 1.90. The fourth-order valence-electron chi connectivity index (χ4n) is 1.52. The first-order chi connectivity index (χ1) is 8.65. The molecule has 0 saturated carbocycles. The van der Waals surface area contributed by atoms with Crippen LogP contribution in [0.25, 0.3) is 0 Å². The Labute approximate surface area is 118 Å². The molecule has 1 aromatic carbocycles. The van der Waals surface area contributed by atoms with E-state index in [4.69, 9.17) is 11.6 Å². The van der Waals surface area contributed by atoms with Gasteiger partial charge in [-0.05, 0) is 46.1 Å². The first kappa shape index (κ1) is 13.3. The van der Waals surface area contributed by atoms with Crippen molar-refractivity contribution in [2.24, 2.45) is 0 Å². The van der Waals surface area contributed by atoms with Gasteiger partial charge in [0.1, 0.15) is 11.6 Å². The van der Waals surface area contributed by atoms with Gasteiger partial charge in [0.2, 0.25) is 0 Å². The van der Waals surface area contributed by atoms with E-state index in [2.05, 4.69) is 26.2 Å². The summed E-state index contributed by atoms with van der Waals surface area (Å²) in [7, 11) is 0. The number of halogens is 3. The molecule has 0 amide bonds. The number of hydrogen-bond donors (Lipinski definition) is 1. The van der Waals surface area contributed by atoms with Gasteiger partial charge in [0.15, 0.2) is 0 Å². The number of rotatable bonds is 4. The van der Waals surface area contributed by atoms with E-state index in [1.165, 1.54) is 12.1 Å². The highest BCUT2D eigenvalue weighted by molar-refractivity contribution is 9.10. The molecule has 1 heterocycles. The van der Waals surface area contributed by atoms with Gasteiger partial charge in [0.05, 0.1) is 5.02 Å². The number of hydrogen-bond acceptors (Lipinski definition) is 2. The van der Waals surface area contributed by atoms with Crippen LogP contribution >= 0.6 is 27.5 Å². The maximum absolute atomic E-state index is 12.7. The minimum atomic E-state index is -0.218. The summed E-state index contributed by atoms with van der Waals surface area (Å²) in [6, 6.07) is 8.25. The highest BCUT2D eigenvalue weighted by atomic mass is 79.9. The topological polar surface area (TPSA) is 24.9 Å². The van der Waals surface area contributed by atoms with Crippen LogP contribution in [0.1, 0.15) is 5.56 Å². The summed E-state index contributed by atoms with van der Waals surface area (Å²) in [5, 5.41) is 3.72. The van der Waals surface area contributed by atoms with E-state index in [-0.39, 0.29) is 5.82 Å². The second-order valence-electron chi connectivity index (χ2n) is 3.79. The second-order valence-corrected chi connectivity index (χ2v) is 5.11. The fraction of sp³-hybridized carbons (Fsp3) is 0.154. The molecule has 0 fully saturated rings. The average molecular weight is 330 g/mol. The molecular weight excluding hydrogens is 319 g/mol. The standard InChI is InChI=1S/C13H11BrClFN2/c14-10-7-12(15)13(18-8-10)17-6-5-9-1-3-11(16)4-2-9/h1-4,7-8H,5-6H2,(H,17,18). The van der Waals surface area contributed by atoms with Crippen LogP contribution in [0.3, 0.4) is 0 Å². The highest BCUT2D eigenvalue weighted by Gasteiger charge is 2.02. The lowest BCUT2D eigenvalue weighted by Gasteiger charge is -2.07. The van der Waals surface area contributed by atoms with E-state index in [1.54, 1.807) is 24.4 Å². The third-order valence-corrected chi connectivity index (χ3v) is 3.15. The molecule has 1 aromatic heterocycles. The van der Waals surface area contributed by atoms with E-state index >= 15 is 0 Å². The van der Waals surface area contributed by atoms with Gasteiger partial charge >= 0.3 is 0 Å². The van der Waals surface area contributed by atoms with Crippen LogP contribution in [0.2, 0.25) is 5.02 Å². The summed E-state index contributed by atoms with van der Waals surface area (Å²) in [4.78, 5) is 4.17. The summed E-state index contributed by atoms with van der Waals surface area (Å²) in [6.07, 6.45) is 2.47. The molecular formula is C13H11BrClFN2. The maximum Gasteiger partial charge on any atom is 0.144 e. The fourth-order valence-corrected chi connectivity index (χ4v) is 2.22. The van der Waals surface area contributed by atoms with Crippen LogP contribution in [-0.4, -0.2) is 11.5 Å². The van der Waals surface area contributed by atoms with Gasteiger partial charge in [-0.2, -0.15) is 0 Å². The normalized spacial score (nSPS) is 10.4. The Morgan fingerprint density at radius 2 is 2.00 bits per heavy atom. The van der Waals surface area contributed by atoms with E-state index in [1.807, 2.05) is 0 Å². The lowest BCUT2D eigenvalue weighted by atomic mass is 10.1. The van der Waals surface area contributed by atoms with E-state index in [0.717, 1.165) is 16.5 Å². The number of nitrogens with zero attached hydrogens (tertiary/aromatic N) is 1. The molecule has 0 unspecified atom stereocenters. The van der Waals surface area contributed by atoms with Crippen molar-refractivity contribution in [3.8, 4) is 0 Å². The Kier molecular flexibility index (Phi) is 4.55. The smallest absolute Gasteiger partial charge is 0.144 e. The zero-order valence-electron chi connectivity index (χ0n) is 9.46. The van der Waals surface area contributed by atoms with Crippen LogP contribution in [0.15, 0.2) is 41.0 Å². The number of anilines is 1. The van der Waals surface area contributed by atoms with Crippen LogP contribution in [0.5, 0.6) is 0 Å². The van der Waals surface area contributed by atoms with Crippen molar-refractivity contribution in [3.63, 3.8) is 0 Å². The van der Waals surface area contributed by atoms with Crippen molar-refractivity contribution in [1.29, 1.82) is 0 Å². The minimum Gasteiger partial charge on any atom is -0.369 e. The molecule has 0 aliphatic heterocycles. The summed E-state index contributed by atoms with van der Waals surface area (Å²) >= 11 is 9.33. The largest absolute Gasteiger partial charge is 0.369 e.